The van der Waals surface area contributed by atoms with Gasteiger partial charge in [-0.15, -0.1) is 10.2 Å². The lowest BCUT2D eigenvalue weighted by Gasteiger charge is -2.10. The Balaban J connectivity index is 1.73. The minimum absolute atomic E-state index is 0.149. The van der Waals surface area contributed by atoms with E-state index in [9.17, 15) is 4.79 Å². The monoisotopic (exact) mass is 283 g/mol. The van der Waals surface area contributed by atoms with Crippen LogP contribution in [0.4, 0.5) is 0 Å². The lowest BCUT2D eigenvalue weighted by Crippen LogP contribution is -2.25. The molecule has 3 rings (SSSR count). The van der Waals surface area contributed by atoms with Crippen molar-refractivity contribution in [2.45, 2.75) is 26.4 Å². The summed E-state index contributed by atoms with van der Waals surface area (Å²) in [6.45, 7) is 4.45. The van der Waals surface area contributed by atoms with Crippen molar-refractivity contribution in [3.8, 4) is 0 Å². The first-order valence-corrected chi connectivity index (χ1v) is 6.89. The number of carbonyl (C=O) groups excluding carboxylic acids is 1. The Morgan fingerprint density at radius 1 is 1.38 bits per heavy atom. The number of benzene rings is 1. The smallest absolute Gasteiger partial charge is 0.268 e. The molecule has 2 heterocycles. The van der Waals surface area contributed by atoms with Crippen molar-refractivity contribution in [1.29, 1.82) is 0 Å². The van der Waals surface area contributed by atoms with Crippen molar-refractivity contribution in [3.63, 3.8) is 0 Å². The highest BCUT2D eigenvalue weighted by molar-refractivity contribution is 5.97. The van der Waals surface area contributed by atoms with Gasteiger partial charge in [-0.05, 0) is 26.0 Å². The zero-order valence-corrected chi connectivity index (χ0v) is 12.0. The van der Waals surface area contributed by atoms with E-state index in [1.54, 1.807) is 6.33 Å². The van der Waals surface area contributed by atoms with E-state index >= 15 is 0 Å². The first-order chi connectivity index (χ1) is 10.1. The predicted octanol–water partition coefficient (Wildman–Crippen LogP) is 2.27. The maximum absolute atomic E-state index is 12.2. The van der Waals surface area contributed by atoms with Gasteiger partial charge in [0.15, 0.2) is 5.82 Å². The Morgan fingerprint density at radius 2 is 2.19 bits per heavy atom. The molecule has 0 fully saturated rings. The van der Waals surface area contributed by atoms with Gasteiger partial charge in [0.05, 0.1) is 6.54 Å². The first kappa shape index (κ1) is 13.4. The molecule has 6 nitrogen and oxygen atoms in total. The quantitative estimate of drug-likeness (QED) is 0.771. The molecule has 0 radical (unpaired) electrons. The normalized spacial score (nSPS) is 11.2. The molecule has 1 amide bonds. The Bertz CT molecular complexity index is 738. The molecule has 0 aliphatic rings. The van der Waals surface area contributed by atoms with Gasteiger partial charge in [-0.1, -0.05) is 18.2 Å². The van der Waals surface area contributed by atoms with E-state index in [1.165, 1.54) is 0 Å². The highest BCUT2D eigenvalue weighted by Crippen LogP contribution is 2.14. The van der Waals surface area contributed by atoms with Crippen LogP contribution in [0.1, 0.15) is 36.2 Å². The molecule has 0 atom stereocenters. The fourth-order valence-electron chi connectivity index (χ4n) is 2.27. The van der Waals surface area contributed by atoms with Crippen LogP contribution in [0.3, 0.4) is 0 Å². The van der Waals surface area contributed by atoms with E-state index in [2.05, 4.69) is 20.5 Å². The van der Waals surface area contributed by atoms with Crippen LogP contribution in [0.25, 0.3) is 10.9 Å². The highest BCUT2D eigenvalue weighted by atomic mass is 16.1. The Kier molecular flexibility index (Phi) is 3.43. The summed E-state index contributed by atoms with van der Waals surface area (Å²) in [4.78, 5) is 15.3. The van der Waals surface area contributed by atoms with Crippen LogP contribution in [-0.2, 0) is 6.54 Å². The molecule has 3 aromatic rings. The zero-order chi connectivity index (χ0) is 14.8. The van der Waals surface area contributed by atoms with Gasteiger partial charge in [-0.25, -0.2) is 0 Å². The topological polar surface area (TPSA) is 75.6 Å². The second kappa shape index (κ2) is 5.40. The molecule has 108 valence electrons. The third kappa shape index (κ3) is 2.65. The van der Waals surface area contributed by atoms with Crippen molar-refractivity contribution in [1.82, 2.24) is 25.1 Å². The maximum Gasteiger partial charge on any atom is 0.268 e. The second-order valence-electron chi connectivity index (χ2n) is 5.20. The molecular formula is C15H17N5O. The summed E-state index contributed by atoms with van der Waals surface area (Å²) in [6.07, 6.45) is 1.68. The van der Waals surface area contributed by atoms with Gasteiger partial charge in [0.25, 0.3) is 5.91 Å². The Hall–Kier alpha value is -2.63. The number of hydrogen-bond acceptors (Lipinski definition) is 3. The molecule has 0 saturated carbocycles. The standard InChI is InChI=1S/C15H17N5O/c1-10(2)20-9-17-19-14(20)8-16-15(21)13-7-11-5-3-4-6-12(11)18-13/h3-7,9-10,18H,8H2,1-2H3,(H,16,21). The Labute approximate surface area is 122 Å². The molecule has 2 aromatic heterocycles. The third-order valence-corrected chi connectivity index (χ3v) is 3.39. The number of nitrogens with zero attached hydrogens (tertiary/aromatic N) is 3. The van der Waals surface area contributed by atoms with Crippen LogP contribution < -0.4 is 5.32 Å². The van der Waals surface area contributed by atoms with E-state index in [1.807, 2.05) is 48.7 Å². The van der Waals surface area contributed by atoms with Crippen LogP contribution in [0, 0.1) is 0 Å². The number of nitrogens with one attached hydrogen (secondary N) is 2. The minimum atomic E-state index is -0.149. The Morgan fingerprint density at radius 3 is 2.95 bits per heavy atom. The molecule has 1 aromatic carbocycles. The summed E-state index contributed by atoms with van der Waals surface area (Å²) in [5.41, 5.74) is 1.50. The molecular weight excluding hydrogens is 266 g/mol. The minimum Gasteiger partial charge on any atom is -0.351 e. The SMILES string of the molecule is CC(C)n1cnnc1CNC(=O)c1cc2ccccc2[nH]1. The molecule has 0 aliphatic heterocycles. The van der Waals surface area contributed by atoms with Crippen LogP contribution in [0.2, 0.25) is 0 Å². The van der Waals surface area contributed by atoms with Crippen LogP contribution in [0.5, 0.6) is 0 Å². The summed E-state index contributed by atoms with van der Waals surface area (Å²) < 4.78 is 1.94. The fourth-order valence-corrected chi connectivity index (χ4v) is 2.27. The lowest BCUT2D eigenvalue weighted by molar-refractivity contribution is 0.0945. The number of para-hydroxylation sites is 1. The van der Waals surface area contributed by atoms with Crippen molar-refractivity contribution < 1.29 is 4.79 Å². The molecule has 2 N–H and O–H groups in total. The van der Waals surface area contributed by atoms with Crippen LogP contribution >= 0.6 is 0 Å². The van der Waals surface area contributed by atoms with Gasteiger partial charge in [-0.2, -0.15) is 0 Å². The number of H-pyrrole nitrogens is 1. The van der Waals surface area contributed by atoms with E-state index in [0.717, 1.165) is 16.7 Å². The number of aromatic nitrogens is 4. The highest BCUT2D eigenvalue weighted by Gasteiger charge is 2.12. The number of rotatable bonds is 4. The van der Waals surface area contributed by atoms with E-state index in [4.69, 9.17) is 0 Å². The van der Waals surface area contributed by atoms with Gasteiger partial charge in [-0.3, -0.25) is 4.79 Å². The van der Waals surface area contributed by atoms with Crippen LogP contribution in [-0.4, -0.2) is 25.7 Å². The largest absolute Gasteiger partial charge is 0.351 e. The van der Waals surface area contributed by atoms with Gasteiger partial charge >= 0.3 is 0 Å². The second-order valence-corrected chi connectivity index (χ2v) is 5.20. The van der Waals surface area contributed by atoms with E-state index in [-0.39, 0.29) is 11.9 Å². The zero-order valence-electron chi connectivity index (χ0n) is 12.0. The summed E-state index contributed by atoms with van der Waals surface area (Å²) in [7, 11) is 0. The summed E-state index contributed by atoms with van der Waals surface area (Å²) >= 11 is 0. The van der Waals surface area contributed by atoms with Gasteiger partial charge in [0, 0.05) is 16.9 Å². The molecule has 0 saturated heterocycles. The van der Waals surface area contributed by atoms with Crippen molar-refractivity contribution in [3.05, 3.63) is 48.2 Å². The molecule has 0 spiro atoms. The summed E-state index contributed by atoms with van der Waals surface area (Å²) in [5, 5.41) is 11.8. The van der Waals surface area contributed by atoms with Crippen LogP contribution in [0.15, 0.2) is 36.7 Å². The van der Waals surface area contributed by atoms with Crippen molar-refractivity contribution in [2.24, 2.45) is 0 Å². The van der Waals surface area contributed by atoms with Crippen molar-refractivity contribution >= 4 is 16.8 Å². The third-order valence-electron chi connectivity index (χ3n) is 3.39. The summed E-state index contributed by atoms with van der Waals surface area (Å²) in [5.74, 6) is 0.596. The molecule has 0 aliphatic carbocycles. The molecule has 0 bridgehead atoms. The molecule has 0 unspecified atom stereocenters. The maximum atomic E-state index is 12.2. The van der Waals surface area contributed by atoms with E-state index in [0.29, 0.717) is 12.2 Å². The average molecular weight is 283 g/mol. The molecule has 6 heteroatoms. The molecule has 21 heavy (non-hydrogen) atoms. The number of hydrogen-bond donors (Lipinski definition) is 2. The van der Waals surface area contributed by atoms with Gasteiger partial charge in [0.1, 0.15) is 12.0 Å². The van der Waals surface area contributed by atoms with Gasteiger partial charge < -0.3 is 14.9 Å². The van der Waals surface area contributed by atoms with Gasteiger partial charge in [0.2, 0.25) is 0 Å². The number of fused-ring (bicyclic) bond motifs is 1. The van der Waals surface area contributed by atoms with E-state index < -0.39 is 0 Å². The average Bonchev–Trinajstić information content (AvgIpc) is 3.10. The first-order valence-electron chi connectivity index (χ1n) is 6.89. The number of carbonyl (C=O) groups is 1. The summed E-state index contributed by atoms with van der Waals surface area (Å²) in [6, 6.07) is 9.91. The van der Waals surface area contributed by atoms with Crippen molar-refractivity contribution in [2.75, 3.05) is 0 Å². The fraction of sp³-hybridized carbons (Fsp3) is 0.267. The lowest BCUT2D eigenvalue weighted by atomic mass is 10.2. The number of aromatic amines is 1. The number of amides is 1. The predicted molar refractivity (Wildman–Crippen MR) is 79.9 cm³/mol.